The summed E-state index contributed by atoms with van der Waals surface area (Å²) < 4.78 is 60.6. The second-order valence-corrected chi connectivity index (χ2v) is 12.9. The summed E-state index contributed by atoms with van der Waals surface area (Å²) in [5.41, 5.74) is 10.7. The molecule has 7 heterocycles. The lowest BCUT2D eigenvalue weighted by molar-refractivity contribution is -0.237. The van der Waals surface area contributed by atoms with Crippen LogP contribution in [0.5, 0.6) is 0 Å². The van der Waals surface area contributed by atoms with Gasteiger partial charge >= 0.3 is 7.82 Å². The number of aliphatic hydroxyl groups excluding tert-OH is 2. The monoisotopic (exact) mass is 673 g/mol. The van der Waals surface area contributed by atoms with Gasteiger partial charge in [0.25, 0.3) is 13.4 Å². The molecule has 0 saturated carbocycles. The SMILES string of the molecule is Nc1ncc2ncn([C@@H]3O[C@@H]4COP(=O)([O-])O[C@@H]5[C@H](O)[C@@H](COP(=O)(O)O[C@H]4[C@H]3O)O[C@H]5n3cnc4c(=O)[nH]c(N)nc43)c2n1. The molecule has 3 aliphatic rings. The van der Waals surface area contributed by atoms with Crippen molar-refractivity contribution in [3.63, 3.8) is 0 Å². The van der Waals surface area contributed by atoms with Gasteiger partial charge in [0.1, 0.15) is 42.1 Å². The van der Waals surface area contributed by atoms with Gasteiger partial charge < -0.3 is 50.0 Å². The van der Waals surface area contributed by atoms with E-state index in [9.17, 15) is 33.9 Å². The molecule has 0 aromatic carbocycles. The Morgan fingerprint density at radius 3 is 2.42 bits per heavy atom. The third-order valence-corrected chi connectivity index (χ3v) is 9.21. The van der Waals surface area contributed by atoms with E-state index >= 15 is 0 Å². The smallest absolute Gasteiger partial charge is 0.472 e. The topological polar surface area (TPSA) is 332 Å². The van der Waals surface area contributed by atoms with Crippen molar-refractivity contribution in [1.82, 2.24) is 39.0 Å². The van der Waals surface area contributed by atoms with Crippen LogP contribution in [0.25, 0.3) is 22.3 Å². The Balaban J connectivity index is 1.21. The average molecular weight is 673 g/mol. The Hall–Kier alpha value is -3.44. The zero-order valence-corrected chi connectivity index (χ0v) is 24.2. The number of phosphoric ester groups is 2. The van der Waals surface area contributed by atoms with Gasteiger partial charge in [-0.3, -0.25) is 32.5 Å². The van der Waals surface area contributed by atoms with Gasteiger partial charge in [-0.2, -0.15) is 9.97 Å². The minimum Gasteiger partial charge on any atom is -0.756 e. The van der Waals surface area contributed by atoms with Crippen LogP contribution in [0, 0.1) is 0 Å². The summed E-state index contributed by atoms with van der Waals surface area (Å²) in [7, 11) is -10.4. The Morgan fingerprint density at radius 2 is 1.62 bits per heavy atom. The first-order valence-corrected chi connectivity index (χ1v) is 15.9. The summed E-state index contributed by atoms with van der Waals surface area (Å²) in [5.74, 6) is -0.418. The molecule has 242 valence electrons. The van der Waals surface area contributed by atoms with Crippen LogP contribution in [0.3, 0.4) is 0 Å². The number of hydrogen-bond acceptors (Lipinski definition) is 19. The van der Waals surface area contributed by atoms with Gasteiger partial charge in [-0.1, -0.05) is 0 Å². The summed E-state index contributed by atoms with van der Waals surface area (Å²) in [4.78, 5) is 58.1. The number of fused-ring (bicyclic) bond motifs is 5. The number of nitrogens with zero attached hydrogens (tertiary/aromatic N) is 7. The van der Waals surface area contributed by atoms with Crippen molar-refractivity contribution < 1.29 is 56.7 Å². The number of aromatic nitrogens is 8. The van der Waals surface area contributed by atoms with Gasteiger partial charge in [-0.25, -0.2) is 19.5 Å². The van der Waals surface area contributed by atoms with Crippen LogP contribution in [0.15, 0.2) is 23.6 Å². The van der Waals surface area contributed by atoms with Crippen LogP contribution in [-0.4, -0.2) is 104 Å². The van der Waals surface area contributed by atoms with Gasteiger partial charge in [-0.05, 0) is 0 Å². The van der Waals surface area contributed by atoms with Crippen LogP contribution in [0.1, 0.15) is 12.5 Å². The maximum atomic E-state index is 13.1. The Labute approximate surface area is 248 Å². The zero-order valence-electron chi connectivity index (χ0n) is 22.4. The number of aromatic amines is 1. The molecule has 4 aromatic heterocycles. The molecule has 25 heteroatoms. The normalized spacial score (nSPS) is 37.7. The minimum atomic E-state index is -5.36. The summed E-state index contributed by atoms with van der Waals surface area (Å²) in [5, 5.41) is 22.1. The molecule has 2 unspecified atom stereocenters. The Kier molecular flexibility index (Phi) is 7.27. The van der Waals surface area contributed by atoms with E-state index in [1.54, 1.807) is 0 Å². The van der Waals surface area contributed by atoms with Crippen LogP contribution in [0.2, 0.25) is 0 Å². The highest BCUT2D eigenvalue weighted by atomic mass is 31.2. The first-order valence-electron chi connectivity index (χ1n) is 12.9. The number of nitrogens with two attached hydrogens (primary N) is 2. The van der Waals surface area contributed by atoms with Crippen molar-refractivity contribution in [2.75, 3.05) is 24.7 Å². The predicted octanol–water partition coefficient (Wildman–Crippen LogP) is -2.97. The van der Waals surface area contributed by atoms with E-state index in [1.165, 1.54) is 17.1 Å². The van der Waals surface area contributed by atoms with Crippen molar-refractivity contribution in [2.24, 2.45) is 0 Å². The lowest BCUT2D eigenvalue weighted by Gasteiger charge is -2.31. The van der Waals surface area contributed by atoms with Gasteiger partial charge in [0, 0.05) is 0 Å². The van der Waals surface area contributed by atoms with Gasteiger partial charge in [0.2, 0.25) is 11.9 Å². The molecule has 23 nitrogen and oxygen atoms in total. The lowest BCUT2D eigenvalue weighted by Crippen LogP contribution is -2.37. The first kappa shape index (κ1) is 30.2. The Morgan fingerprint density at radius 1 is 0.911 bits per heavy atom. The van der Waals surface area contributed by atoms with E-state index in [-0.39, 0.29) is 34.2 Å². The quantitative estimate of drug-likeness (QED) is 0.116. The predicted molar refractivity (Wildman–Crippen MR) is 141 cm³/mol. The molecule has 0 radical (unpaired) electrons. The van der Waals surface area contributed by atoms with Gasteiger partial charge in [0.05, 0.1) is 32.1 Å². The van der Waals surface area contributed by atoms with E-state index in [1.807, 2.05) is 0 Å². The number of imidazole rings is 2. The van der Waals surface area contributed by atoms with Crippen LogP contribution < -0.4 is 21.9 Å². The number of H-pyrrole nitrogens is 1. The van der Waals surface area contributed by atoms with Crippen LogP contribution in [0.4, 0.5) is 11.9 Å². The molecule has 3 saturated heterocycles. The molecule has 10 atom stereocenters. The molecule has 4 aromatic rings. The zero-order chi connectivity index (χ0) is 31.8. The van der Waals surface area contributed by atoms with E-state index in [0.29, 0.717) is 0 Å². The van der Waals surface area contributed by atoms with Crippen molar-refractivity contribution in [2.45, 2.75) is 49.1 Å². The number of anilines is 2. The summed E-state index contributed by atoms with van der Waals surface area (Å²) in [6.45, 7) is -1.74. The fourth-order valence-corrected chi connectivity index (χ4v) is 7.14. The molecule has 0 aliphatic carbocycles. The summed E-state index contributed by atoms with van der Waals surface area (Å²) >= 11 is 0. The highest BCUT2D eigenvalue weighted by Gasteiger charge is 2.52. The molecule has 3 aliphatic heterocycles. The van der Waals surface area contributed by atoms with Crippen LogP contribution in [-0.2, 0) is 36.7 Å². The molecular formula is C20H23N10O13P2-. The average Bonchev–Trinajstić information content (AvgIpc) is 3.72. The standard InChI is InChI=1S/C20H24N10O13P2/c21-19-23-1-6-14(26-19)29(4-24-6)17-11(32)12-8(41-17)3-39-45(36,37)43-13-10(31)7(2-38-44(34,35)42-12)40-18(13)30-5-25-9-15(30)27-20(22)28-16(9)33/h1,4-5,7-8,10-13,17-18,31-32H,2-3H2,(H,34,35)(H,36,37)(H2,21,23,26)(H3,22,27,28,33)/p-1/t7-,8-,10-,11-,12-,13-,17-,18-/m1/s1. The molecule has 0 amide bonds. The molecule has 0 spiro atoms. The Bertz CT molecular complexity index is 1940. The van der Waals surface area contributed by atoms with E-state index in [0.717, 1.165) is 10.9 Å². The van der Waals surface area contributed by atoms with E-state index in [2.05, 4.69) is 29.9 Å². The fourth-order valence-electron chi connectivity index (χ4n) is 5.26. The largest absolute Gasteiger partial charge is 0.756 e. The van der Waals surface area contributed by atoms with Crippen molar-refractivity contribution in [3.8, 4) is 0 Å². The lowest BCUT2D eigenvalue weighted by atomic mass is 10.1. The van der Waals surface area contributed by atoms with Crippen LogP contribution >= 0.6 is 15.6 Å². The van der Waals surface area contributed by atoms with Gasteiger partial charge in [-0.15, -0.1) is 0 Å². The second kappa shape index (κ2) is 10.8. The molecule has 2 bridgehead atoms. The molecule has 3 fully saturated rings. The number of nitrogen functional groups attached to an aromatic ring is 2. The fraction of sp³-hybridized carbons (Fsp3) is 0.500. The van der Waals surface area contributed by atoms with E-state index in [4.69, 9.17) is 39.0 Å². The maximum Gasteiger partial charge on any atom is 0.472 e. The highest BCUT2D eigenvalue weighted by molar-refractivity contribution is 7.47. The van der Waals surface area contributed by atoms with Crippen molar-refractivity contribution >= 4 is 49.9 Å². The molecule has 8 N–H and O–H groups in total. The maximum absolute atomic E-state index is 13.1. The highest BCUT2D eigenvalue weighted by Crippen LogP contribution is 2.52. The van der Waals surface area contributed by atoms with Crippen molar-refractivity contribution in [1.29, 1.82) is 0 Å². The molecular weight excluding hydrogens is 650 g/mol. The summed E-state index contributed by atoms with van der Waals surface area (Å²) in [6.07, 6.45) is -9.33. The first-order chi connectivity index (χ1) is 21.3. The number of phosphoric acid groups is 2. The number of hydrogen-bond donors (Lipinski definition) is 6. The molecule has 7 rings (SSSR count). The second-order valence-electron chi connectivity index (χ2n) is 10.1. The number of ether oxygens (including phenoxy) is 2. The summed E-state index contributed by atoms with van der Waals surface area (Å²) in [6, 6.07) is 0. The minimum absolute atomic E-state index is 0.122. The number of aliphatic hydroxyl groups is 2. The van der Waals surface area contributed by atoms with Gasteiger partial charge in [0.15, 0.2) is 29.3 Å². The van der Waals surface area contributed by atoms with E-state index < -0.39 is 83.5 Å². The number of nitrogens with one attached hydrogen (secondary N) is 1. The third kappa shape index (κ3) is 5.41. The van der Waals surface area contributed by atoms with Crippen molar-refractivity contribution in [3.05, 3.63) is 29.2 Å². The number of rotatable bonds is 2. The molecule has 45 heavy (non-hydrogen) atoms. The third-order valence-electron chi connectivity index (χ3n) is 7.26.